The number of nitrogens with one attached hydrogen (secondary N) is 1. The van der Waals surface area contributed by atoms with Crippen molar-refractivity contribution in [2.45, 2.75) is 38.8 Å². The average Bonchev–Trinajstić information content (AvgIpc) is 3.06. The summed E-state index contributed by atoms with van der Waals surface area (Å²) in [5.74, 6) is 0.891. The number of carbonyl (C=O) groups is 1. The first-order valence-electron chi connectivity index (χ1n) is 8.23. The topological polar surface area (TPSA) is 58.6 Å². The summed E-state index contributed by atoms with van der Waals surface area (Å²) < 4.78 is 5.53. The molecule has 2 rings (SSSR count). The molecular formula is C19H25NO3S. The van der Waals surface area contributed by atoms with Crippen LogP contribution in [0, 0.1) is 0 Å². The predicted molar refractivity (Wildman–Crippen MR) is 98.1 cm³/mol. The van der Waals surface area contributed by atoms with Crippen molar-refractivity contribution in [3.05, 3.63) is 52.2 Å². The average molecular weight is 347 g/mol. The number of carbonyl (C=O) groups excluding carboxylic acids is 1. The first kappa shape index (κ1) is 18.6. The van der Waals surface area contributed by atoms with Crippen molar-refractivity contribution < 1.29 is 14.6 Å². The van der Waals surface area contributed by atoms with Gasteiger partial charge in [-0.1, -0.05) is 18.2 Å². The van der Waals surface area contributed by atoms with E-state index in [1.165, 1.54) is 4.88 Å². The van der Waals surface area contributed by atoms with Crippen LogP contribution in [0.15, 0.2) is 42.5 Å². The monoisotopic (exact) mass is 347 g/mol. The van der Waals surface area contributed by atoms with Crippen molar-refractivity contribution in [3.63, 3.8) is 0 Å². The van der Waals surface area contributed by atoms with E-state index in [-0.39, 0.29) is 12.4 Å². The molecule has 0 saturated heterocycles. The Morgan fingerprint density at radius 3 is 2.67 bits per heavy atom. The molecule has 2 aromatic rings. The zero-order chi connectivity index (χ0) is 17.4. The van der Waals surface area contributed by atoms with Crippen LogP contribution in [0.3, 0.4) is 0 Å². The van der Waals surface area contributed by atoms with E-state index in [4.69, 9.17) is 4.74 Å². The third kappa shape index (κ3) is 6.43. The van der Waals surface area contributed by atoms with Crippen molar-refractivity contribution in [1.82, 2.24) is 5.32 Å². The highest BCUT2D eigenvalue weighted by molar-refractivity contribution is 7.14. The van der Waals surface area contributed by atoms with Crippen LogP contribution in [-0.2, 0) is 6.42 Å². The number of hydrogen-bond acceptors (Lipinski definition) is 5. The molecule has 0 aliphatic rings. The number of ketones is 1. The summed E-state index contributed by atoms with van der Waals surface area (Å²) in [6, 6.07) is 13.7. The largest absolute Gasteiger partial charge is 0.491 e. The maximum absolute atomic E-state index is 11.3. The van der Waals surface area contributed by atoms with Crippen LogP contribution in [-0.4, -0.2) is 36.2 Å². The van der Waals surface area contributed by atoms with Gasteiger partial charge in [-0.2, -0.15) is 0 Å². The molecule has 0 unspecified atom stereocenters. The zero-order valence-electron chi connectivity index (χ0n) is 14.2. The van der Waals surface area contributed by atoms with Gasteiger partial charge in [0.2, 0.25) is 0 Å². The minimum atomic E-state index is -0.543. The molecule has 2 atom stereocenters. The van der Waals surface area contributed by atoms with Gasteiger partial charge in [0, 0.05) is 17.5 Å². The summed E-state index contributed by atoms with van der Waals surface area (Å²) in [5.41, 5.74) is 0. The zero-order valence-corrected chi connectivity index (χ0v) is 15.0. The molecule has 130 valence electrons. The van der Waals surface area contributed by atoms with E-state index in [1.807, 2.05) is 42.5 Å². The van der Waals surface area contributed by atoms with Gasteiger partial charge in [-0.05, 0) is 51.0 Å². The van der Waals surface area contributed by atoms with E-state index in [1.54, 1.807) is 18.3 Å². The quantitative estimate of drug-likeness (QED) is 0.648. The molecular weight excluding hydrogens is 322 g/mol. The second-order valence-electron chi connectivity index (χ2n) is 5.95. The molecule has 24 heavy (non-hydrogen) atoms. The number of hydrogen-bond donors (Lipinski definition) is 2. The molecule has 2 N–H and O–H groups in total. The van der Waals surface area contributed by atoms with E-state index in [0.29, 0.717) is 12.6 Å². The third-order valence-electron chi connectivity index (χ3n) is 3.72. The predicted octanol–water partition coefficient (Wildman–Crippen LogP) is 3.30. The van der Waals surface area contributed by atoms with Gasteiger partial charge < -0.3 is 15.2 Å². The molecule has 0 aliphatic heterocycles. The molecule has 1 aromatic carbocycles. The number of benzene rings is 1. The van der Waals surface area contributed by atoms with Crippen LogP contribution in [0.5, 0.6) is 5.75 Å². The first-order valence-corrected chi connectivity index (χ1v) is 9.05. The standard InChI is InChI=1S/C19H25NO3S/c1-14(8-9-18-10-11-19(24-18)15(2)21)20-12-16(22)13-23-17-6-4-3-5-7-17/h3-7,10-11,14,16,20,22H,8-9,12-13H2,1-2H3/t14-,16-/m0/s1. The Bertz CT molecular complexity index is 627. The minimum absolute atomic E-state index is 0.124. The van der Waals surface area contributed by atoms with Gasteiger partial charge in [0.1, 0.15) is 18.5 Å². The number of para-hydroxylation sites is 1. The normalized spacial score (nSPS) is 13.5. The molecule has 0 bridgehead atoms. The van der Waals surface area contributed by atoms with E-state index in [0.717, 1.165) is 23.5 Å². The maximum Gasteiger partial charge on any atom is 0.169 e. The fourth-order valence-electron chi connectivity index (χ4n) is 2.27. The smallest absolute Gasteiger partial charge is 0.169 e. The lowest BCUT2D eigenvalue weighted by molar-refractivity contribution is 0.102. The van der Waals surface area contributed by atoms with Crippen LogP contribution in [0.1, 0.15) is 34.8 Å². The van der Waals surface area contributed by atoms with Gasteiger partial charge in [0.05, 0.1) is 4.88 Å². The SMILES string of the molecule is CC(=O)c1ccc(CC[C@H](C)NC[C@H](O)COc2ccccc2)s1. The van der Waals surface area contributed by atoms with E-state index in [9.17, 15) is 9.90 Å². The van der Waals surface area contributed by atoms with Crippen molar-refractivity contribution in [2.24, 2.45) is 0 Å². The second-order valence-corrected chi connectivity index (χ2v) is 7.12. The highest BCUT2D eigenvalue weighted by Crippen LogP contribution is 2.19. The first-order chi connectivity index (χ1) is 11.5. The Kier molecular flexibility index (Phi) is 7.43. The van der Waals surface area contributed by atoms with Crippen LogP contribution < -0.4 is 10.1 Å². The summed E-state index contributed by atoms with van der Waals surface area (Å²) >= 11 is 1.57. The van der Waals surface area contributed by atoms with E-state index in [2.05, 4.69) is 12.2 Å². The molecule has 0 amide bonds. The number of aliphatic hydroxyl groups is 1. The molecule has 0 fully saturated rings. The number of thiophene rings is 1. The Labute approximate surface area is 147 Å². The minimum Gasteiger partial charge on any atom is -0.491 e. The fourth-order valence-corrected chi connectivity index (χ4v) is 3.19. The second kappa shape index (κ2) is 9.57. The maximum atomic E-state index is 11.3. The van der Waals surface area contributed by atoms with Crippen molar-refractivity contribution in [1.29, 1.82) is 0 Å². The van der Waals surface area contributed by atoms with Crippen LogP contribution in [0.25, 0.3) is 0 Å². The van der Waals surface area contributed by atoms with E-state index < -0.39 is 6.10 Å². The van der Waals surface area contributed by atoms with Crippen LogP contribution in [0.2, 0.25) is 0 Å². The summed E-state index contributed by atoms with van der Waals surface area (Å²) in [7, 11) is 0. The third-order valence-corrected chi connectivity index (χ3v) is 4.97. The summed E-state index contributed by atoms with van der Waals surface area (Å²) in [6.45, 7) is 4.47. The number of aryl methyl sites for hydroxylation is 1. The molecule has 0 aliphatic carbocycles. The Hall–Kier alpha value is -1.69. The summed E-state index contributed by atoms with van der Waals surface area (Å²) in [4.78, 5) is 13.3. The summed E-state index contributed by atoms with van der Waals surface area (Å²) in [5, 5.41) is 13.3. The van der Waals surface area contributed by atoms with Crippen molar-refractivity contribution in [3.8, 4) is 5.75 Å². The van der Waals surface area contributed by atoms with Gasteiger partial charge in [0.25, 0.3) is 0 Å². The van der Waals surface area contributed by atoms with Crippen molar-refractivity contribution in [2.75, 3.05) is 13.2 Å². The lowest BCUT2D eigenvalue weighted by atomic mass is 10.1. The fraction of sp³-hybridized carbons (Fsp3) is 0.421. The van der Waals surface area contributed by atoms with Crippen molar-refractivity contribution >= 4 is 17.1 Å². The number of rotatable bonds is 10. The molecule has 4 nitrogen and oxygen atoms in total. The highest BCUT2D eigenvalue weighted by Gasteiger charge is 2.10. The molecule has 0 spiro atoms. The Morgan fingerprint density at radius 2 is 2.00 bits per heavy atom. The number of Topliss-reactive ketones (excluding diaryl/α,β-unsaturated/α-hetero) is 1. The Balaban J connectivity index is 1.63. The van der Waals surface area contributed by atoms with Crippen LogP contribution in [0.4, 0.5) is 0 Å². The molecule has 1 heterocycles. The molecule has 1 aromatic heterocycles. The van der Waals surface area contributed by atoms with Crippen LogP contribution >= 0.6 is 11.3 Å². The van der Waals surface area contributed by atoms with E-state index >= 15 is 0 Å². The van der Waals surface area contributed by atoms with Gasteiger partial charge in [-0.3, -0.25) is 4.79 Å². The molecule has 5 heteroatoms. The highest BCUT2D eigenvalue weighted by atomic mass is 32.1. The van der Waals surface area contributed by atoms with Gasteiger partial charge in [0.15, 0.2) is 5.78 Å². The Morgan fingerprint density at radius 1 is 1.25 bits per heavy atom. The van der Waals surface area contributed by atoms with Gasteiger partial charge >= 0.3 is 0 Å². The number of aliphatic hydroxyl groups excluding tert-OH is 1. The summed E-state index contributed by atoms with van der Waals surface area (Å²) in [6.07, 6.45) is 1.35. The lowest BCUT2D eigenvalue weighted by Gasteiger charge is -2.17. The molecule has 0 saturated carbocycles. The van der Waals surface area contributed by atoms with Gasteiger partial charge in [-0.15, -0.1) is 11.3 Å². The lowest BCUT2D eigenvalue weighted by Crippen LogP contribution is -2.36. The molecule has 0 radical (unpaired) electrons. The van der Waals surface area contributed by atoms with Gasteiger partial charge in [-0.25, -0.2) is 0 Å². The number of ether oxygens (including phenoxy) is 1.